The highest BCUT2D eigenvalue weighted by Crippen LogP contribution is 2.14. The van der Waals surface area contributed by atoms with Gasteiger partial charge in [0, 0.05) is 11.9 Å². The molecule has 2 amide bonds. The molecule has 0 aliphatic rings. The second-order valence-electron chi connectivity index (χ2n) is 6.12. The normalized spacial score (nSPS) is 10.7. The predicted molar refractivity (Wildman–Crippen MR) is 96.3 cm³/mol. The van der Waals surface area contributed by atoms with Gasteiger partial charge in [0.1, 0.15) is 0 Å². The number of benzene rings is 1. The summed E-state index contributed by atoms with van der Waals surface area (Å²) in [4.78, 5) is 47.8. The topological polar surface area (TPSA) is 117 Å². The summed E-state index contributed by atoms with van der Waals surface area (Å²) < 4.78 is 10.7. The molecule has 0 saturated carbocycles. The molecular weight excluding hydrogens is 354 g/mol. The third-order valence-electron chi connectivity index (χ3n) is 3.45. The summed E-state index contributed by atoms with van der Waals surface area (Å²) in [6.07, 6.45) is -0.924. The minimum Gasteiger partial charge on any atom is -0.451 e. The van der Waals surface area contributed by atoms with Crippen LogP contribution in [0.25, 0.3) is 10.8 Å². The average molecular weight is 375 g/mol. The van der Waals surface area contributed by atoms with E-state index >= 15 is 0 Å². The van der Waals surface area contributed by atoms with Gasteiger partial charge in [0.25, 0.3) is 11.5 Å². The van der Waals surface area contributed by atoms with E-state index in [0.717, 1.165) is 0 Å². The van der Waals surface area contributed by atoms with Gasteiger partial charge in [0.2, 0.25) is 0 Å². The first kappa shape index (κ1) is 20.1. The number of imide groups is 1. The number of nitrogens with zero attached hydrogens (tertiary/aromatic N) is 2. The van der Waals surface area contributed by atoms with Crippen molar-refractivity contribution in [1.29, 1.82) is 0 Å². The van der Waals surface area contributed by atoms with Crippen molar-refractivity contribution in [2.24, 2.45) is 5.92 Å². The smallest absolute Gasteiger partial charge is 0.413 e. The second kappa shape index (κ2) is 8.93. The maximum atomic E-state index is 12.5. The third kappa shape index (κ3) is 5.13. The number of amides is 2. The van der Waals surface area contributed by atoms with Gasteiger partial charge in [-0.25, -0.2) is 14.3 Å². The van der Waals surface area contributed by atoms with E-state index in [1.807, 2.05) is 19.2 Å². The molecule has 9 heteroatoms. The van der Waals surface area contributed by atoms with E-state index in [1.165, 1.54) is 4.68 Å². The van der Waals surface area contributed by atoms with Crippen molar-refractivity contribution in [3.63, 3.8) is 0 Å². The summed E-state index contributed by atoms with van der Waals surface area (Å²) in [5.41, 5.74) is -0.384. The Bertz CT molecular complexity index is 919. The van der Waals surface area contributed by atoms with Crippen LogP contribution < -0.4 is 10.9 Å². The Kier molecular flexibility index (Phi) is 6.64. The van der Waals surface area contributed by atoms with Gasteiger partial charge in [-0.2, -0.15) is 5.10 Å². The van der Waals surface area contributed by atoms with E-state index < -0.39 is 24.6 Å². The van der Waals surface area contributed by atoms with Gasteiger partial charge in [-0.3, -0.25) is 14.9 Å². The van der Waals surface area contributed by atoms with E-state index in [2.05, 4.69) is 9.84 Å². The van der Waals surface area contributed by atoms with E-state index in [1.54, 1.807) is 31.2 Å². The first-order valence-electron chi connectivity index (χ1n) is 8.47. The number of carbonyl (C=O) groups excluding carboxylic acids is 3. The molecule has 1 heterocycles. The molecule has 1 aromatic heterocycles. The van der Waals surface area contributed by atoms with Crippen LogP contribution in [0.3, 0.4) is 0 Å². The first-order chi connectivity index (χ1) is 12.8. The van der Waals surface area contributed by atoms with E-state index in [0.29, 0.717) is 17.3 Å². The minimum absolute atomic E-state index is 0.0743. The number of aromatic nitrogens is 2. The molecule has 144 valence electrons. The van der Waals surface area contributed by atoms with E-state index in [4.69, 9.17) is 4.74 Å². The number of hydrogen-bond acceptors (Lipinski definition) is 7. The Morgan fingerprint density at radius 1 is 1.15 bits per heavy atom. The van der Waals surface area contributed by atoms with Crippen LogP contribution in [0.1, 0.15) is 31.3 Å². The maximum absolute atomic E-state index is 12.5. The summed E-state index contributed by atoms with van der Waals surface area (Å²) in [7, 11) is 0. The van der Waals surface area contributed by atoms with Gasteiger partial charge in [-0.05, 0) is 18.9 Å². The van der Waals surface area contributed by atoms with Crippen LogP contribution in [0.2, 0.25) is 0 Å². The Morgan fingerprint density at radius 3 is 2.44 bits per heavy atom. The minimum atomic E-state index is -0.924. The molecule has 0 radical (unpaired) electrons. The number of hydrogen-bond donors (Lipinski definition) is 1. The number of rotatable bonds is 6. The molecule has 0 aliphatic carbocycles. The van der Waals surface area contributed by atoms with E-state index in [-0.39, 0.29) is 23.8 Å². The van der Waals surface area contributed by atoms with E-state index in [9.17, 15) is 19.2 Å². The van der Waals surface area contributed by atoms with Crippen LogP contribution in [-0.4, -0.2) is 41.0 Å². The molecule has 0 saturated heterocycles. The van der Waals surface area contributed by atoms with Crippen LogP contribution in [0.4, 0.5) is 4.79 Å². The molecule has 0 aliphatic heterocycles. The molecule has 0 atom stereocenters. The van der Waals surface area contributed by atoms with Gasteiger partial charge >= 0.3 is 12.1 Å². The molecule has 0 spiro atoms. The second-order valence-corrected chi connectivity index (χ2v) is 6.12. The summed E-state index contributed by atoms with van der Waals surface area (Å²) in [6, 6.07) is 6.53. The van der Waals surface area contributed by atoms with Gasteiger partial charge in [-0.1, -0.05) is 32.0 Å². The van der Waals surface area contributed by atoms with Crippen LogP contribution >= 0.6 is 0 Å². The Labute approximate surface area is 155 Å². The zero-order chi connectivity index (χ0) is 20.0. The lowest BCUT2D eigenvalue weighted by molar-refractivity contribution is -0.123. The lowest BCUT2D eigenvalue weighted by Crippen LogP contribution is -2.35. The number of carbonyl (C=O) groups is 3. The first-order valence-corrected chi connectivity index (χ1v) is 8.47. The highest BCUT2D eigenvalue weighted by molar-refractivity contribution is 6.03. The van der Waals surface area contributed by atoms with Crippen molar-refractivity contribution in [1.82, 2.24) is 15.1 Å². The molecule has 0 fully saturated rings. The fraction of sp³-hybridized carbons (Fsp3) is 0.389. The van der Waals surface area contributed by atoms with Gasteiger partial charge in [0.05, 0.1) is 12.0 Å². The molecule has 1 aromatic carbocycles. The Balaban J connectivity index is 2.25. The molecule has 0 unspecified atom stereocenters. The molecule has 0 bridgehead atoms. The van der Waals surface area contributed by atoms with Crippen molar-refractivity contribution >= 4 is 28.7 Å². The van der Waals surface area contributed by atoms with Crippen molar-refractivity contribution in [2.75, 3.05) is 13.2 Å². The molecule has 9 nitrogen and oxygen atoms in total. The van der Waals surface area contributed by atoms with Crippen LogP contribution in [0.15, 0.2) is 29.1 Å². The molecule has 2 rings (SSSR count). The lowest BCUT2D eigenvalue weighted by atomic mass is 10.1. The zero-order valence-electron chi connectivity index (χ0n) is 15.4. The van der Waals surface area contributed by atoms with Crippen molar-refractivity contribution < 1.29 is 23.9 Å². The summed E-state index contributed by atoms with van der Waals surface area (Å²) in [5.74, 6) is -1.57. The molecule has 2 aromatic rings. The molecule has 27 heavy (non-hydrogen) atoms. The monoisotopic (exact) mass is 375 g/mol. The van der Waals surface area contributed by atoms with Crippen LogP contribution in [-0.2, 0) is 20.8 Å². The fourth-order valence-corrected chi connectivity index (χ4v) is 2.37. The zero-order valence-corrected chi connectivity index (χ0v) is 15.4. The standard InChI is InChI=1S/C18H21N3O6/c1-4-26-18(25)19-14(22)10-27-17(24)15-12-7-5-6-8-13(12)16(23)21(20-15)9-11(2)3/h5-8,11H,4,9-10H2,1-3H3,(H,19,22,25). The van der Waals surface area contributed by atoms with Gasteiger partial charge < -0.3 is 9.47 Å². The van der Waals surface area contributed by atoms with Crippen molar-refractivity contribution in [2.45, 2.75) is 27.3 Å². The van der Waals surface area contributed by atoms with Gasteiger partial charge in [0.15, 0.2) is 12.3 Å². The van der Waals surface area contributed by atoms with Crippen LogP contribution in [0, 0.1) is 5.92 Å². The SMILES string of the molecule is CCOC(=O)NC(=O)COC(=O)c1nn(CC(C)C)c(=O)c2ccccc12. The highest BCUT2D eigenvalue weighted by Gasteiger charge is 2.20. The fourth-order valence-electron chi connectivity index (χ4n) is 2.37. The lowest BCUT2D eigenvalue weighted by Gasteiger charge is -2.12. The van der Waals surface area contributed by atoms with Crippen molar-refractivity contribution in [3.8, 4) is 0 Å². The summed E-state index contributed by atoms with van der Waals surface area (Å²) in [5, 5.41) is 6.70. The van der Waals surface area contributed by atoms with Crippen LogP contribution in [0.5, 0.6) is 0 Å². The Hall–Kier alpha value is -3.23. The van der Waals surface area contributed by atoms with Crippen molar-refractivity contribution in [3.05, 3.63) is 40.3 Å². The van der Waals surface area contributed by atoms with Gasteiger partial charge in [-0.15, -0.1) is 0 Å². The number of esters is 1. The number of nitrogens with one attached hydrogen (secondary N) is 1. The summed E-state index contributed by atoms with van der Waals surface area (Å²) in [6.45, 7) is 5.17. The average Bonchev–Trinajstić information content (AvgIpc) is 2.62. The predicted octanol–water partition coefficient (Wildman–Crippen LogP) is 1.48. The highest BCUT2D eigenvalue weighted by atomic mass is 16.6. The quantitative estimate of drug-likeness (QED) is 0.760. The number of alkyl carbamates (subject to hydrolysis) is 1. The number of ether oxygens (including phenoxy) is 2. The molecular formula is C18H21N3O6. The number of fused-ring (bicyclic) bond motifs is 1. The Morgan fingerprint density at radius 2 is 1.81 bits per heavy atom. The maximum Gasteiger partial charge on any atom is 0.413 e. The largest absolute Gasteiger partial charge is 0.451 e. The molecule has 1 N–H and O–H groups in total. The summed E-state index contributed by atoms with van der Waals surface area (Å²) >= 11 is 0. The third-order valence-corrected chi connectivity index (χ3v) is 3.45.